The number of fused-ring (bicyclic) bond motifs is 1. The number of hydrogen-bond donors (Lipinski definition) is 3. The van der Waals surface area contributed by atoms with Crippen molar-refractivity contribution < 1.29 is 5.11 Å². The van der Waals surface area contributed by atoms with Crippen LogP contribution in [0.1, 0.15) is 18.4 Å². The van der Waals surface area contributed by atoms with Crippen LogP contribution in [0.25, 0.3) is 21.3 Å². The number of nitrogens with one attached hydrogen (secondary N) is 2. The molecule has 3 heterocycles. The van der Waals surface area contributed by atoms with Crippen molar-refractivity contribution >= 4 is 27.2 Å². The second kappa shape index (κ2) is 6.37. The SMILES string of the molecule is Cc1ccc(-c2nnc(N[C@@H]3CCCNC3)c3ccsc23)c(O)c1. The van der Waals surface area contributed by atoms with Crippen molar-refractivity contribution in [1.29, 1.82) is 0 Å². The zero-order valence-corrected chi connectivity index (χ0v) is 14.4. The molecule has 2 aromatic heterocycles. The maximum absolute atomic E-state index is 10.3. The van der Waals surface area contributed by atoms with E-state index >= 15 is 0 Å². The summed E-state index contributed by atoms with van der Waals surface area (Å²) in [7, 11) is 0. The van der Waals surface area contributed by atoms with Crippen LogP contribution in [0, 0.1) is 6.92 Å². The minimum absolute atomic E-state index is 0.246. The summed E-state index contributed by atoms with van der Waals surface area (Å²) in [6.45, 7) is 4.00. The molecule has 124 valence electrons. The number of phenolic OH excluding ortho intramolecular Hbond substituents is 1. The summed E-state index contributed by atoms with van der Waals surface area (Å²) < 4.78 is 1.05. The second-order valence-electron chi connectivity index (χ2n) is 6.27. The van der Waals surface area contributed by atoms with Crippen LogP contribution in [0.4, 0.5) is 5.82 Å². The summed E-state index contributed by atoms with van der Waals surface area (Å²) in [6.07, 6.45) is 2.31. The van der Waals surface area contributed by atoms with Crippen LogP contribution in [0.2, 0.25) is 0 Å². The zero-order chi connectivity index (χ0) is 16.5. The number of aromatic nitrogens is 2. The van der Waals surface area contributed by atoms with Gasteiger partial charge in [-0.05, 0) is 55.5 Å². The highest BCUT2D eigenvalue weighted by Gasteiger charge is 2.18. The molecule has 1 atom stereocenters. The predicted molar refractivity (Wildman–Crippen MR) is 98.8 cm³/mol. The van der Waals surface area contributed by atoms with E-state index in [1.54, 1.807) is 17.4 Å². The predicted octanol–water partition coefficient (Wildman–Crippen LogP) is 3.54. The summed E-state index contributed by atoms with van der Waals surface area (Å²) in [5.41, 5.74) is 2.49. The van der Waals surface area contributed by atoms with Gasteiger partial charge in [0.05, 0.1) is 4.70 Å². The van der Waals surface area contributed by atoms with Crippen LogP contribution in [0.5, 0.6) is 5.75 Å². The first-order valence-electron chi connectivity index (χ1n) is 8.23. The summed E-state index contributed by atoms with van der Waals surface area (Å²) in [4.78, 5) is 0. The Kier molecular flexibility index (Phi) is 4.08. The number of aromatic hydroxyl groups is 1. The standard InChI is InChI=1S/C18H20N4OS/c1-11-4-5-13(15(23)9-11)16-17-14(6-8-24-17)18(22-21-16)20-12-3-2-7-19-10-12/h4-6,8-9,12,19,23H,2-3,7,10H2,1H3,(H,20,22)/t12-/m1/s1. The number of aryl methyl sites for hydroxylation is 1. The lowest BCUT2D eigenvalue weighted by Gasteiger charge is -2.24. The summed E-state index contributed by atoms with van der Waals surface area (Å²) in [5, 5.41) is 29.2. The molecule has 1 saturated heterocycles. The summed E-state index contributed by atoms with van der Waals surface area (Å²) in [5.74, 6) is 1.08. The largest absolute Gasteiger partial charge is 0.507 e. The van der Waals surface area contributed by atoms with Gasteiger partial charge >= 0.3 is 0 Å². The Morgan fingerprint density at radius 2 is 2.21 bits per heavy atom. The third-order valence-electron chi connectivity index (χ3n) is 4.43. The van der Waals surface area contributed by atoms with Crippen LogP contribution in [0.15, 0.2) is 29.6 Å². The van der Waals surface area contributed by atoms with Crippen LogP contribution in [-0.4, -0.2) is 34.4 Å². The molecule has 5 nitrogen and oxygen atoms in total. The quantitative estimate of drug-likeness (QED) is 0.680. The first-order chi connectivity index (χ1) is 11.7. The smallest absolute Gasteiger partial charge is 0.157 e. The molecule has 1 fully saturated rings. The minimum Gasteiger partial charge on any atom is -0.507 e. The fraction of sp³-hybridized carbons (Fsp3) is 0.333. The molecule has 0 unspecified atom stereocenters. The molecule has 1 aliphatic rings. The fourth-order valence-electron chi connectivity index (χ4n) is 3.17. The lowest BCUT2D eigenvalue weighted by atomic mass is 10.1. The highest BCUT2D eigenvalue weighted by Crippen LogP contribution is 2.37. The van der Waals surface area contributed by atoms with Gasteiger partial charge in [-0.2, -0.15) is 0 Å². The number of anilines is 1. The van der Waals surface area contributed by atoms with Crippen LogP contribution in [0.3, 0.4) is 0 Å². The van der Waals surface area contributed by atoms with Crippen molar-refractivity contribution in [3.63, 3.8) is 0 Å². The number of phenols is 1. The van der Waals surface area contributed by atoms with Gasteiger partial charge in [0.2, 0.25) is 0 Å². The zero-order valence-electron chi connectivity index (χ0n) is 13.5. The second-order valence-corrected chi connectivity index (χ2v) is 7.18. The normalized spacial score (nSPS) is 18.0. The Morgan fingerprint density at radius 1 is 1.29 bits per heavy atom. The van der Waals surface area contributed by atoms with E-state index in [0.29, 0.717) is 6.04 Å². The molecule has 1 aromatic carbocycles. The van der Waals surface area contributed by atoms with Crippen LogP contribution in [-0.2, 0) is 0 Å². The van der Waals surface area contributed by atoms with Gasteiger partial charge in [0.1, 0.15) is 11.4 Å². The van der Waals surface area contributed by atoms with Crippen molar-refractivity contribution in [2.75, 3.05) is 18.4 Å². The monoisotopic (exact) mass is 340 g/mol. The third-order valence-corrected chi connectivity index (χ3v) is 5.35. The molecule has 1 aliphatic heterocycles. The number of piperidine rings is 1. The van der Waals surface area contributed by atoms with E-state index in [1.165, 1.54) is 6.42 Å². The molecular formula is C18H20N4OS. The van der Waals surface area contributed by atoms with E-state index in [-0.39, 0.29) is 5.75 Å². The molecule has 6 heteroatoms. The molecule has 0 spiro atoms. The first kappa shape index (κ1) is 15.4. The van der Waals surface area contributed by atoms with Gasteiger partial charge in [0.15, 0.2) is 5.82 Å². The molecular weight excluding hydrogens is 320 g/mol. The average Bonchev–Trinajstić information content (AvgIpc) is 3.07. The molecule has 0 saturated carbocycles. The molecule has 0 aliphatic carbocycles. The van der Waals surface area contributed by atoms with Gasteiger partial charge < -0.3 is 15.7 Å². The third kappa shape index (κ3) is 2.83. The number of benzene rings is 1. The van der Waals surface area contributed by atoms with Crippen LogP contribution >= 0.6 is 11.3 Å². The van der Waals surface area contributed by atoms with E-state index in [0.717, 1.165) is 52.2 Å². The summed E-state index contributed by atoms with van der Waals surface area (Å²) in [6, 6.07) is 8.11. The number of hydrogen-bond acceptors (Lipinski definition) is 6. The van der Waals surface area contributed by atoms with Crippen molar-refractivity contribution in [1.82, 2.24) is 15.5 Å². The Balaban J connectivity index is 1.74. The number of thiophene rings is 1. The van der Waals surface area contributed by atoms with E-state index in [4.69, 9.17) is 0 Å². The average molecular weight is 340 g/mol. The molecule has 24 heavy (non-hydrogen) atoms. The van der Waals surface area contributed by atoms with Gasteiger partial charge in [-0.15, -0.1) is 21.5 Å². The molecule has 0 amide bonds. The van der Waals surface area contributed by atoms with E-state index in [2.05, 4.69) is 26.9 Å². The van der Waals surface area contributed by atoms with E-state index in [1.807, 2.05) is 24.4 Å². The fourth-order valence-corrected chi connectivity index (χ4v) is 4.07. The maximum Gasteiger partial charge on any atom is 0.157 e. The Hall–Kier alpha value is -2.18. The molecule has 0 radical (unpaired) electrons. The Labute approximate surface area is 144 Å². The van der Waals surface area contributed by atoms with Gasteiger partial charge in [-0.3, -0.25) is 0 Å². The van der Waals surface area contributed by atoms with Crippen molar-refractivity contribution in [2.45, 2.75) is 25.8 Å². The molecule has 4 rings (SSSR count). The van der Waals surface area contributed by atoms with Crippen LogP contribution < -0.4 is 10.6 Å². The maximum atomic E-state index is 10.3. The number of nitrogens with zero attached hydrogens (tertiary/aromatic N) is 2. The highest BCUT2D eigenvalue weighted by molar-refractivity contribution is 7.17. The van der Waals surface area contributed by atoms with Gasteiger partial charge in [-0.25, -0.2) is 0 Å². The minimum atomic E-state index is 0.246. The van der Waals surface area contributed by atoms with Crippen molar-refractivity contribution in [3.05, 3.63) is 35.2 Å². The van der Waals surface area contributed by atoms with E-state index in [9.17, 15) is 5.11 Å². The lowest BCUT2D eigenvalue weighted by Crippen LogP contribution is -2.38. The van der Waals surface area contributed by atoms with Crippen molar-refractivity contribution in [3.8, 4) is 17.0 Å². The Bertz CT molecular complexity index is 871. The van der Waals surface area contributed by atoms with E-state index < -0.39 is 0 Å². The molecule has 3 aromatic rings. The lowest BCUT2D eigenvalue weighted by molar-refractivity contribution is 0.476. The van der Waals surface area contributed by atoms with Gasteiger partial charge in [0.25, 0.3) is 0 Å². The topological polar surface area (TPSA) is 70.1 Å². The van der Waals surface area contributed by atoms with Crippen molar-refractivity contribution in [2.24, 2.45) is 0 Å². The highest BCUT2D eigenvalue weighted by atomic mass is 32.1. The number of rotatable bonds is 3. The molecule has 0 bridgehead atoms. The molecule has 3 N–H and O–H groups in total. The van der Waals surface area contributed by atoms with Gasteiger partial charge in [-0.1, -0.05) is 6.07 Å². The summed E-state index contributed by atoms with van der Waals surface area (Å²) >= 11 is 1.63. The Morgan fingerprint density at radius 3 is 3.00 bits per heavy atom. The first-order valence-corrected chi connectivity index (χ1v) is 9.11. The van der Waals surface area contributed by atoms with Gasteiger partial charge in [0, 0.05) is 23.5 Å².